The molecule has 2 rings (SSSR count). The first-order chi connectivity index (χ1) is 11.2. The van der Waals surface area contributed by atoms with Gasteiger partial charge in [0.1, 0.15) is 0 Å². The van der Waals surface area contributed by atoms with Gasteiger partial charge in [-0.2, -0.15) is 0 Å². The Labute approximate surface area is 150 Å². The van der Waals surface area contributed by atoms with Crippen LogP contribution in [-0.2, 0) is 16.1 Å². The third kappa shape index (κ3) is 8.31. The molecule has 0 radical (unpaired) electrons. The molecular weight excluding hydrogens is 326 g/mol. The number of hydrogen-bond donors (Lipinski definition) is 3. The lowest BCUT2D eigenvalue weighted by molar-refractivity contribution is -0.122. The van der Waals surface area contributed by atoms with E-state index in [1.165, 1.54) is 0 Å². The number of piperidine rings is 1. The molecular formula is C18H28ClN3O2. The van der Waals surface area contributed by atoms with E-state index < -0.39 is 0 Å². The van der Waals surface area contributed by atoms with Gasteiger partial charge in [-0.15, -0.1) is 12.4 Å². The third-order valence-corrected chi connectivity index (χ3v) is 4.25. The predicted molar refractivity (Wildman–Crippen MR) is 98.0 cm³/mol. The molecule has 24 heavy (non-hydrogen) atoms. The summed E-state index contributed by atoms with van der Waals surface area (Å²) in [6.07, 6.45) is 4.17. The highest BCUT2D eigenvalue weighted by atomic mass is 35.5. The molecule has 6 heteroatoms. The average Bonchev–Trinajstić information content (AvgIpc) is 2.60. The van der Waals surface area contributed by atoms with E-state index in [-0.39, 0.29) is 24.2 Å². The van der Waals surface area contributed by atoms with Crippen LogP contribution in [0.5, 0.6) is 0 Å². The van der Waals surface area contributed by atoms with Crippen molar-refractivity contribution >= 4 is 24.2 Å². The summed E-state index contributed by atoms with van der Waals surface area (Å²) in [6, 6.07) is 9.80. The van der Waals surface area contributed by atoms with Crippen molar-refractivity contribution in [2.75, 3.05) is 19.6 Å². The standard InChI is InChI=1S/C18H27N3O2.ClH/c22-17(7-6-15-8-11-19-12-9-15)20-13-10-18(23)21-14-16-4-2-1-3-5-16;/h1-5,15,19H,6-14H2,(H,20,22)(H,21,23);1H. The Kier molecular flexibility index (Phi) is 10.1. The van der Waals surface area contributed by atoms with Gasteiger partial charge in [-0.1, -0.05) is 30.3 Å². The number of halogens is 1. The van der Waals surface area contributed by atoms with Crippen LogP contribution in [-0.4, -0.2) is 31.4 Å². The van der Waals surface area contributed by atoms with E-state index in [0.717, 1.165) is 37.9 Å². The molecule has 2 amide bonds. The van der Waals surface area contributed by atoms with E-state index in [0.29, 0.717) is 31.8 Å². The molecule has 0 spiro atoms. The van der Waals surface area contributed by atoms with Crippen molar-refractivity contribution in [3.05, 3.63) is 35.9 Å². The molecule has 1 aromatic carbocycles. The van der Waals surface area contributed by atoms with Gasteiger partial charge in [-0.3, -0.25) is 9.59 Å². The van der Waals surface area contributed by atoms with Crippen LogP contribution in [0.25, 0.3) is 0 Å². The first-order valence-corrected chi connectivity index (χ1v) is 8.52. The summed E-state index contributed by atoms with van der Waals surface area (Å²) in [7, 11) is 0. The fourth-order valence-electron chi connectivity index (χ4n) is 2.79. The van der Waals surface area contributed by atoms with E-state index in [1.807, 2.05) is 30.3 Å². The summed E-state index contributed by atoms with van der Waals surface area (Å²) in [4.78, 5) is 23.5. The summed E-state index contributed by atoms with van der Waals surface area (Å²) in [6.45, 7) is 3.07. The van der Waals surface area contributed by atoms with Gasteiger partial charge in [0.15, 0.2) is 0 Å². The third-order valence-electron chi connectivity index (χ3n) is 4.25. The summed E-state index contributed by atoms with van der Waals surface area (Å²) >= 11 is 0. The minimum Gasteiger partial charge on any atom is -0.356 e. The SMILES string of the molecule is Cl.O=C(CCC1CCNCC1)NCCC(=O)NCc1ccccc1. The Hall–Kier alpha value is -1.59. The van der Waals surface area contributed by atoms with E-state index in [4.69, 9.17) is 0 Å². The maximum absolute atomic E-state index is 11.8. The molecule has 1 aliphatic heterocycles. The topological polar surface area (TPSA) is 70.2 Å². The molecule has 134 valence electrons. The molecule has 1 saturated heterocycles. The van der Waals surface area contributed by atoms with Crippen LogP contribution in [0.4, 0.5) is 0 Å². The second kappa shape index (κ2) is 11.9. The molecule has 0 atom stereocenters. The van der Waals surface area contributed by atoms with E-state index in [2.05, 4.69) is 16.0 Å². The number of amides is 2. The molecule has 1 aliphatic rings. The first-order valence-electron chi connectivity index (χ1n) is 8.52. The maximum atomic E-state index is 11.8. The molecule has 0 saturated carbocycles. The van der Waals surface area contributed by atoms with Crippen molar-refractivity contribution in [3.63, 3.8) is 0 Å². The number of hydrogen-bond acceptors (Lipinski definition) is 3. The van der Waals surface area contributed by atoms with Crippen LogP contribution >= 0.6 is 12.4 Å². The quantitative estimate of drug-likeness (QED) is 0.669. The van der Waals surface area contributed by atoms with Crippen molar-refractivity contribution < 1.29 is 9.59 Å². The van der Waals surface area contributed by atoms with Crippen LogP contribution in [0, 0.1) is 5.92 Å². The number of nitrogens with one attached hydrogen (secondary N) is 3. The smallest absolute Gasteiger partial charge is 0.222 e. The fraction of sp³-hybridized carbons (Fsp3) is 0.556. The summed E-state index contributed by atoms with van der Waals surface area (Å²) < 4.78 is 0. The number of rotatable bonds is 8. The average molecular weight is 354 g/mol. The van der Waals surface area contributed by atoms with Crippen LogP contribution in [0.15, 0.2) is 30.3 Å². The lowest BCUT2D eigenvalue weighted by atomic mass is 9.93. The Morgan fingerprint density at radius 3 is 2.38 bits per heavy atom. The lowest BCUT2D eigenvalue weighted by Gasteiger charge is -2.22. The van der Waals surface area contributed by atoms with Gasteiger partial charge in [0.05, 0.1) is 0 Å². The number of benzene rings is 1. The van der Waals surface area contributed by atoms with E-state index >= 15 is 0 Å². The van der Waals surface area contributed by atoms with Gasteiger partial charge in [-0.05, 0) is 43.8 Å². The molecule has 1 heterocycles. The van der Waals surface area contributed by atoms with Crippen molar-refractivity contribution in [1.29, 1.82) is 0 Å². The molecule has 0 aliphatic carbocycles. The van der Waals surface area contributed by atoms with Crippen LogP contribution in [0.1, 0.15) is 37.7 Å². The Balaban J connectivity index is 0.00000288. The Morgan fingerprint density at radius 2 is 1.67 bits per heavy atom. The van der Waals surface area contributed by atoms with Crippen molar-refractivity contribution in [1.82, 2.24) is 16.0 Å². The first kappa shape index (κ1) is 20.5. The molecule has 1 fully saturated rings. The second-order valence-corrected chi connectivity index (χ2v) is 6.09. The van der Waals surface area contributed by atoms with Crippen molar-refractivity contribution in [2.24, 2.45) is 5.92 Å². The van der Waals surface area contributed by atoms with E-state index in [1.54, 1.807) is 0 Å². The van der Waals surface area contributed by atoms with Crippen LogP contribution in [0.2, 0.25) is 0 Å². The van der Waals surface area contributed by atoms with Crippen molar-refractivity contribution in [2.45, 2.75) is 38.6 Å². The molecule has 0 bridgehead atoms. The fourth-order valence-corrected chi connectivity index (χ4v) is 2.79. The molecule has 0 unspecified atom stereocenters. The number of carbonyl (C=O) groups is 2. The maximum Gasteiger partial charge on any atom is 0.222 e. The summed E-state index contributed by atoms with van der Waals surface area (Å²) in [5.41, 5.74) is 1.08. The molecule has 5 nitrogen and oxygen atoms in total. The van der Waals surface area contributed by atoms with Gasteiger partial charge in [0.25, 0.3) is 0 Å². The summed E-state index contributed by atoms with van der Waals surface area (Å²) in [5.74, 6) is 0.683. The highest BCUT2D eigenvalue weighted by Crippen LogP contribution is 2.17. The summed E-state index contributed by atoms with van der Waals surface area (Å²) in [5, 5.41) is 9.02. The van der Waals surface area contributed by atoms with Crippen molar-refractivity contribution in [3.8, 4) is 0 Å². The molecule has 3 N–H and O–H groups in total. The second-order valence-electron chi connectivity index (χ2n) is 6.09. The van der Waals surface area contributed by atoms with Crippen LogP contribution < -0.4 is 16.0 Å². The minimum atomic E-state index is -0.0347. The zero-order chi connectivity index (χ0) is 16.3. The van der Waals surface area contributed by atoms with Gasteiger partial charge < -0.3 is 16.0 Å². The largest absolute Gasteiger partial charge is 0.356 e. The zero-order valence-electron chi connectivity index (χ0n) is 14.1. The van der Waals surface area contributed by atoms with Gasteiger partial charge in [0.2, 0.25) is 11.8 Å². The van der Waals surface area contributed by atoms with Gasteiger partial charge in [0, 0.05) is 25.9 Å². The van der Waals surface area contributed by atoms with Gasteiger partial charge >= 0.3 is 0 Å². The lowest BCUT2D eigenvalue weighted by Crippen LogP contribution is -2.31. The molecule has 1 aromatic rings. The Morgan fingerprint density at radius 1 is 1.00 bits per heavy atom. The predicted octanol–water partition coefficient (Wildman–Crippen LogP) is 2.01. The normalized spacial score (nSPS) is 14.5. The Bertz CT molecular complexity index is 490. The van der Waals surface area contributed by atoms with Crippen LogP contribution in [0.3, 0.4) is 0 Å². The van der Waals surface area contributed by atoms with Gasteiger partial charge in [-0.25, -0.2) is 0 Å². The highest BCUT2D eigenvalue weighted by Gasteiger charge is 2.14. The monoisotopic (exact) mass is 353 g/mol. The highest BCUT2D eigenvalue weighted by molar-refractivity contribution is 5.85. The molecule has 0 aromatic heterocycles. The van der Waals surface area contributed by atoms with E-state index in [9.17, 15) is 9.59 Å². The zero-order valence-corrected chi connectivity index (χ0v) is 14.9. The minimum absolute atomic E-state index is 0. The number of carbonyl (C=O) groups excluding carboxylic acids is 2.